The van der Waals surface area contributed by atoms with E-state index >= 15 is 0 Å². The lowest BCUT2D eigenvalue weighted by atomic mass is 10.0. The van der Waals surface area contributed by atoms with Crippen LogP contribution in [0.1, 0.15) is 130 Å². The van der Waals surface area contributed by atoms with Crippen molar-refractivity contribution < 1.29 is 63.0 Å². The van der Waals surface area contributed by atoms with Crippen molar-refractivity contribution in [3.05, 3.63) is 102 Å². The summed E-state index contributed by atoms with van der Waals surface area (Å²) in [6, 6.07) is 23.0. The molecule has 0 aliphatic rings. The molecule has 0 aliphatic carbocycles. The van der Waals surface area contributed by atoms with Crippen LogP contribution in [0.4, 0.5) is 14.4 Å². The molecule has 3 rings (SSSR count). The van der Waals surface area contributed by atoms with E-state index < -0.39 is 71.1 Å². The number of rotatable bonds is 14. The van der Waals surface area contributed by atoms with E-state index in [1.165, 1.54) is 0 Å². The Bertz CT molecular complexity index is 1750. The molecule has 3 aromatic rings. The minimum absolute atomic E-state index is 0.0514. The molecule has 3 amide bonds. The molecule has 6 N–H and O–H groups in total. The van der Waals surface area contributed by atoms with Crippen molar-refractivity contribution in [3.8, 4) is 5.75 Å². The first-order chi connectivity index (χ1) is 28.1. The first-order valence-corrected chi connectivity index (χ1v) is 19.6. The molecule has 0 saturated carbocycles. The molecule has 0 saturated heterocycles. The number of carbonyl (C=O) groups excluding carboxylic acids is 3. The fraction of sp³-hybridized carbons (Fsp3) is 0.467. The maximum atomic E-state index is 11.9. The molecule has 0 fully saturated rings. The van der Waals surface area contributed by atoms with E-state index in [1.54, 1.807) is 135 Å². The number of ether oxygens (including phenoxy) is 4. The first kappa shape index (κ1) is 52.7. The van der Waals surface area contributed by atoms with E-state index in [-0.39, 0.29) is 25.4 Å². The number of nitrogens with one attached hydrogen (secondary N) is 3. The monoisotopic (exact) mass is 853 g/mol. The van der Waals surface area contributed by atoms with Crippen molar-refractivity contribution in [1.82, 2.24) is 16.0 Å². The molecule has 3 atom stereocenters. The Labute approximate surface area is 358 Å². The summed E-state index contributed by atoms with van der Waals surface area (Å²) in [6.07, 6.45) is -2.46. The van der Waals surface area contributed by atoms with Gasteiger partial charge in [-0.3, -0.25) is 14.4 Å². The van der Waals surface area contributed by atoms with Gasteiger partial charge in [0.05, 0.1) is 43.5 Å². The summed E-state index contributed by atoms with van der Waals surface area (Å²) >= 11 is 0. The van der Waals surface area contributed by atoms with Crippen molar-refractivity contribution >= 4 is 36.2 Å². The maximum Gasteiger partial charge on any atom is 0.408 e. The lowest BCUT2D eigenvalue weighted by Gasteiger charge is -2.23. The van der Waals surface area contributed by atoms with E-state index in [0.717, 1.165) is 11.1 Å². The van der Waals surface area contributed by atoms with Gasteiger partial charge in [0.15, 0.2) is 0 Å². The van der Waals surface area contributed by atoms with Gasteiger partial charge in [-0.15, -0.1) is 0 Å². The van der Waals surface area contributed by atoms with Crippen LogP contribution in [0.2, 0.25) is 0 Å². The van der Waals surface area contributed by atoms with Crippen LogP contribution in [0.3, 0.4) is 0 Å². The van der Waals surface area contributed by atoms with Crippen LogP contribution < -0.4 is 20.7 Å². The molecule has 61 heavy (non-hydrogen) atoms. The fourth-order valence-electron chi connectivity index (χ4n) is 5.05. The zero-order valence-electron chi connectivity index (χ0n) is 36.9. The van der Waals surface area contributed by atoms with Crippen molar-refractivity contribution in [2.45, 2.75) is 136 Å². The van der Waals surface area contributed by atoms with Crippen LogP contribution in [0.5, 0.6) is 5.75 Å². The third-order valence-corrected chi connectivity index (χ3v) is 7.27. The number of hydrogen-bond acceptors (Lipinski definition) is 10. The van der Waals surface area contributed by atoms with Crippen molar-refractivity contribution in [3.63, 3.8) is 0 Å². The van der Waals surface area contributed by atoms with Crippen molar-refractivity contribution in [1.29, 1.82) is 0 Å². The Kier molecular flexibility index (Phi) is 21.3. The molecular formula is C45H63N3O13. The van der Waals surface area contributed by atoms with Gasteiger partial charge in [0.25, 0.3) is 0 Å². The van der Waals surface area contributed by atoms with Gasteiger partial charge in [0, 0.05) is 0 Å². The van der Waals surface area contributed by atoms with Gasteiger partial charge in [-0.1, -0.05) is 72.8 Å². The SMILES string of the molecule is CC(C)(C)OC(=O)NC(CC(=O)O)c1ccccc1.CC(C)(C)OC(=O)NC(CC(=O)O)c1ccccc1.CC(C)Oc1ccc(C(CC(=O)O)NC(=O)OC(C)(C)C)cc1. The van der Waals surface area contributed by atoms with E-state index in [9.17, 15) is 28.8 Å². The topological polar surface area (TPSA) is 236 Å². The zero-order chi connectivity index (χ0) is 46.6. The molecule has 0 heterocycles. The molecular weight excluding hydrogens is 791 g/mol. The number of hydrogen-bond donors (Lipinski definition) is 6. The Morgan fingerprint density at radius 1 is 0.459 bits per heavy atom. The number of carboxylic acids is 3. The smallest absolute Gasteiger partial charge is 0.408 e. The molecule has 16 heteroatoms. The van der Waals surface area contributed by atoms with E-state index in [4.69, 9.17) is 34.3 Å². The van der Waals surface area contributed by atoms with Crippen LogP contribution >= 0.6 is 0 Å². The molecule has 3 unspecified atom stereocenters. The standard InChI is InChI=1S/C17H25NO5.2C14H19NO4/c1-11(2)22-13-8-6-12(7-9-13)14(10-15(19)20)18-16(21)23-17(3,4)5;2*1-14(2,3)19-13(18)15-11(9-12(16)17)10-7-5-4-6-8-10/h6-9,11,14H,10H2,1-5H3,(H,18,21)(H,19,20);2*4-8,11H,9H2,1-3H3,(H,15,18)(H,16,17). The highest BCUT2D eigenvalue weighted by molar-refractivity contribution is 5.73. The summed E-state index contributed by atoms with van der Waals surface area (Å²) in [5.74, 6) is -2.28. The Morgan fingerprint density at radius 2 is 0.721 bits per heavy atom. The molecule has 3 aromatic carbocycles. The van der Waals surface area contributed by atoms with Gasteiger partial charge >= 0.3 is 36.2 Å². The second-order valence-corrected chi connectivity index (χ2v) is 16.9. The summed E-state index contributed by atoms with van der Waals surface area (Å²) in [5.41, 5.74) is 0.261. The van der Waals surface area contributed by atoms with Gasteiger partial charge in [-0.05, 0) is 105 Å². The number of amides is 3. The highest BCUT2D eigenvalue weighted by Gasteiger charge is 2.25. The van der Waals surface area contributed by atoms with E-state index in [0.29, 0.717) is 11.3 Å². The maximum absolute atomic E-state index is 11.9. The van der Waals surface area contributed by atoms with Crippen LogP contribution in [0.15, 0.2) is 84.9 Å². The minimum atomic E-state index is -1.01. The number of benzene rings is 3. The summed E-state index contributed by atoms with van der Waals surface area (Å²) in [7, 11) is 0. The third kappa shape index (κ3) is 25.7. The van der Waals surface area contributed by atoms with Crippen LogP contribution in [0.25, 0.3) is 0 Å². The predicted octanol–water partition coefficient (Wildman–Crippen LogP) is 8.97. The normalized spacial score (nSPS) is 12.6. The summed E-state index contributed by atoms with van der Waals surface area (Å²) in [5, 5.41) is 34.6. The number of alkyl carbamates (subject to hydrolysis) is 3. The molecule has 0 aliphatic heterocycles. The molecule has 0 radical (unpaired) electrons. The van der Waals surface area contributed by atoms with Crippen LogP contribution in [-0.2, 0) is 28.6 Å². The third-order valence-electron chi connectivity index (χ3n) is 7.27. The molecule has 0 spiro atoms. The quantitative estimate of drug-likeness (QED) is 0.0832. The first-order valence-electron chi connectivity index (χ1n) is 19.6. The largest absolute Gasteiger partial charge is 0.491 e. The Morgan fingerprint density at radius 3 is 0.951 bits per heavy atom. The number of aliphatic carboxylic acids is 3. The highest BCUT2D eigenvalue weighted by Crippen LogP contribution is 2.23. The van der Waals surface area contributed by atoms with Gasteiger partial charge in [-0.25, -0.2) is 14.4 Å². The summed E-state index contributed by atoms with van der Waals surface area (Å²) < 4.78 is 21.0. The minimum Gasteiger partial charge on any atom is -0.491 e. The molecule has 0 aromatic heterocycles. The van der Waals surface area contributed by atoms with E-state index in [2.05, 4.69) is 16.0 Å². The van der Waals surface area contributed by atoms with Crippen molar-refractivity contribution in [2.75, 3.05) is 0 Å². The van der Waals surface area contributed by atoms with Crippen LogP contribution in [0, 0.1) is 0 Å². The highest BCUT2D eigenvalue weighted by atomic mass is 16.6. The Balaban J connectivity index is 0.000000461. The average Bonchev–Trinajstić information content (AvgIpc) is 3.09. The van der Waals surface area contributed by atoms with Gasteiger partial charge in [0.2, 0.25) is 0 Å². The van der Waals surface area contributed by atoms with Crippen molar-refractivity contribution in [2.24, 2.45) is 0 Å². The lowest BCUT2D eigenvalue weighted by molar-refractivity contribution is -0.138. The lowest BCUT2D eigenvalue weighted by Crippen LogP contribution is -2.35. The average molecular weight is 854 g/mol. The molecule has 0 bridgehead atoms. The second-order valence-electron chi connectivity index (χ2n) is 16.9. The second kappa shape index (κ2) is 24.7. The zero-order valence-corrected chi connectivity index (χ0v) is 36.9. The van der Waals surface area contributed by atoms with Gasteiger partial charge < -0.3 is 50.2 Å². The number of carboxylic acid groups (broad SMARTS) is 3. The number of carbonyl (C=O) groups is 6. The Hall–Kier alpha value is -6.32. The summed E-state index contributed by atoms with van der Waals surface area (Å²) in [4.78, 5) is 68.0. The van der Waals surface area contributed by atoms with E-state index in [1.807, 2.05) is 26.0 Å². The molecule has 16 nitrogen and oxygen atoms in total. The predicted molar refractivity (Wildman–Crippen MR) is 228 cm³/mol. The van der Waals surface area contributed by atoms with Crippen LogP contribution in [-0.4, -0.2) is 74.4 Å². The fourth-order valence-corrected chi connectivity index (χ4v) is 5.05. The molecule has 336 valence electrons. The summed E-state index contributed by atoms with van der Waals surface area (Å²) in [6.45, 7) is 19.6. The van der Waals surface area contributed by atoms with Gasteiger partial charge in [-0.2, -0.15) is 0 Å². The van der Waals surface area contributed by atoms with Gasteiger partial charge in [0.1, 0.15) is 22.6 Å².